The van der Waals surface area contributed by atoms with Gasteiger partial charge in [0.2, 0.25) is 5.91 Å². The van der Waals surface area contributed by atoms with Crippen molar-refractivity contribution >= 4 is 34.5 Å². The molecule has 0 spiro atoms. The summed E-state index contributed by atoms with van der Waals surface area (Å²) in [7, 11) is 1.26. The van der Waals surface area contributed by atoms with Crippen molar-refractivity contribution in [3.05, 3.63) is 70.5 Å². The number of hydrogen-bond donors (Lipinski definition) is 1. The molecule has 2 aromatic carbocycles. The molecule has 1 aromatic heterocycles. The van der Waals surface area contributed by atoms with Crippen LogP contribution in [0.3, 0.4) is 0 Å². The van der Waals surface area contributed by atoms with Crippen LogP contribution >= 0.6 is 11.8 Å². The van der Waals surface area contributed by atoms with Gasteiger partial charge in [0.1, 0.15) is 6.54 Å². The number of thioether (sulfide) groups is 1. The Morgan fingerprint density at radius 1 is 1.14 bits per heavy atom. The van der Waals surface area contributed by atoms with Crippen molar-refractivity contribution in [1.29, 1.82) is 0 Å². The number of esters is 1. The van der Waals surface area contributed by atoms with Crippen molar-refractivity contribution in [3.63, 3.8) is 0 Å². The molecule has 0 bridgehead atoms. The highest BCUT2D eigenvalue weighted by molar-refractivity contribution is 7.99. The van der Waals surface area contributed by atoms with Crippen molar-refractivity contribution < 1.29 is 14.3 Å². The highest BCUT2D eigenvalue weighted by atomic mass is 32.2. The Bertz CT molecular complexity index is 1080. The number of carbonyl (C=O) groups excluding carboxylic acids is 2. The molecule has 1 atom stereocenters. The molecule has 0 unspecified atom stereocenters. The molecule has 0 radical (unpaired) electrons. The Labute approximate surface area is 172 Å². The van der Waals surface area contributed by atoms with Gasteiger partial charge in [0.05, 0.1) is 29.8 Å². The van der Waals surface area contributed by atoms with Crippen molar-refractivity contribution in [2.45, 2.75) is 24.7 Å². The molecule has 7 nitrogen and oxygen atoms in total. The van der Waals surface area contributed by atoms with Crippen molar-refractivity contribution in [2.75, 3.05) is 12.9 Å². The lowest BCUT2D eigenvalue weighted by Gasteiger charge is -2.15. The van der Waals surface area contributed by atoms with Crippen LogP contribution in [0.5, 0.6) is 0 Å². The number of para-hydroxylation sites is 1. The van der Waals surface area contributed by atoms with E-state index >= 15 is 0 Å². The number of amides is 1. The van der Waals surface area contributed by atoms with Crippen LogP contribution in [0.1, 0.15) is 18.5 Å². The van der Waals surface area contributed by atoms with Crippen LogP contribution in [-0.2, 0) is 20.9 Å². The third-order valence-corrected chi connectivity index (χ3v) is 5.33. The summed E-state index contributed by atoms with van der Waals surface area (Å²) in [6.45, 7) is 1.64. The molecule has 3 rings (SSSR count). The fourth-order valence-electron chi connectivity index (χ4n) is 2.83. The number of aromatic nitrogens is 2. The maximum Gasteiger partial charge on any atom is 0.325 e. The Hall–Kier alpha value is -3.13. The van der Waals surface area contributed by atoms with Crippen LogP contribution in [-0.4, -0.2) is 34.3 Å². The fourth-order valence-corrected chi connectivity index (χ4v) is 3.64. The van der Waals surface area contributed by atoms with Gasteiger partial charge in [-0.15, -0.1) is 0 Å². The van der Waals surface area contributed by atoms with E-state index in [4.69, 9.17) is 0 Å². The van der Waals surface area contributed by atoms with Gasteiger partial charge in [-0.05, 0) is 24.6 Å². The molecule has 29 heavy (non-hydrogen) atoms. The Kier molecular flexibility index (Phi) is 6.66. The van der Waals surface area contributed by atoms with E-state index in [1.807, 2.05) is 37.3 Å². The maximum absolute atomic E-state index is 12.8. The molecule has 3 aromatic rings. The van der Waals surface area contributed by atoms with Crippen LogP contribution in [0.25, 0.3) is 10.9 Å². The largest absolute Gasteiger partial charge is 0.468 e. The number of nitrogens with zero attached hydrogens (tertiary/aromatic N) is 2. The number of methoxy groups -OCH3 is 1. The SMILES string of the molecule is COC(=O)Cn1c(SCC(=O)N[C@H](C)c2ccccc2)nc2ccccc2c1=O. The summed E-state index contributed by atoms with van der Waals surface area (Å²) in [6, 6.07) is 16.4. The molecular formula is C21H21N3O4S. The van der Waals surface area contributed by atoms with Crippen LogP contribution in [0, 0.1) is 0 Å². The molecule has 1 amide bonds. The van der Waals surface area contributed by atoms with Gasteiger partial charge < -0.3 is 10.1 Å². The first-order valence-electron chi connectivity index (χ1n) is 9.03. The topological polar surface area (TPSA) is 90.3 Å². The smallest absolute Gasteiger partial charge is 0.325 e. The molecule has 8 heteroatoms. The van der Waals surface area contributed by atoms with Crippen LogP contribution in [0.4, 0.5) is 0 Å². The lowest BCUT2D eigenvalue weighted by atomic mass is 10.1. The molecule has 0 saturated heterocycles. The normalized spacial score (nSPS) is 11.8. The molecule has 0 saturated carbocycles. The second-order valence-corrected chi connectivity index (χ2v) is 7.31. The Morgan fingerprint density at radius 3 is 2.55 bits per heavy atom. The molecule has 1 heterocycles. The van der Waals surface area contributed by atoms with Gasteiger partial charge in [-0.3, -0.25) is 19.0 Å². The summed E-state index contributed by atoms with van der Waals surface area (Å²) in [6.07, 6.45) is 0. The van der Waals surface area contributed by atoms with E-state index in [0.717, 1.165) is 17.3 Å². The van der Waals surface area contributed by atoms with E-state index < -0.39 is 5.97 Å². The Morgan fingerprint density at radius 2 is 1.83 bits per heavy atom. The predicted octanol–water partition coefficient (Wildman–Crippen LogP) is 2.54. The summed E-state index contributed by atoms with van der Waals surface area (Å²) in [4.78, 5) is 41.4. The minimum absolute atomic E-state index is 0.0587. The maximum atomic E-state index is 12.8. The third kappa shape index (κ3) is 5.03. The number of fused-ring (bicyclic) bond motifs is 1. The number of carbonyl (C=O) groups is 2. The lowest BCUT2D eigenvalue weighted by Crippen LogP contribution is -2.30. The van der Waals surface area contributed by atoms with Gasteiger partial charge in [-0.25, -0.2) is 4.98 Å². The van der Waals surface area contributed by atoms with Crippen LogP contribution in [0.2, 0.25) is 0 Å². The van der Waals surface area contributed by atoms with Crippen LogP contribution < -0.4 is 10.9 Å². The minimum atomic E-state index is -0.562. The van der Waals surface area contributed by atoms with Gasteiger partial charge >= 0.3 is 5.97 Å². The van der Waals surface area contributed by atoms with Gasteiger partial charge in [0.15, 0.2) is 5.16 Å². The number of nitrogens with one attached hydrogen (secondary N) is 1. The van der Waals surface area contributed by atoms with Crippen molar-refractivity contribution in [3.8, 4) is 0 Å². The Balaban J connectivity index is 1.79. The first kappa shape index (κ1) is 20.6. The molecule has 150 valence electrons. The van der Waals surface area contributed by atoms with Gasteiger partial charge in [-0.1, -0.05) is 54.2 Å². The zero-order valence-electron chi connectivity index (χ0n) is 16.1. The predicted molar refractivity (Wildman–Crippen MR) is 112 cm³/mol. The number of hydrogen-bond acceptors (Lipinski definition) is 6. The van der Waals surface area contributed by atoms with Crippen LogP contribution in [0.15, 0.2) is 64.5 Å². The number of benzene rings is 2. The highest BCUT2D eigenvalue weighted by Crippen LogP contribution is 2.18. The lowest BCUT2D eigenvalue weighted by molar-refractivity contribution is -0.141. The van der Waals surface area contributed by atoms with E-state index in [-0.39, 0.29) is 29.8 Å². The second kappa shape index (κ2) is 9.38. The first-order valence-corrected chi connectivity index (χ1v) is 10.0. The summed E-state index contributed by atoms with van der Waals surface area (Å²) < 4.78 is 5.93. The highest BCUT2D eigenvalue weighted by Gasteiger charge is 2.16. The van der Waals surface area contributed by atoms with E-state index in [1.165, 1.54) is 11.7 Å². The van der Waals surface area contributed by atoms with Gasteiger partial charge in [0, 0.05) is 0 Å². The average molecular weight is 411 g/mol. The average Bonchev–Trinajstić information content (AvgIpc) is 2.75. The summed E-state index contributed by atoms with van der Waals surface area (Å²) in [5.41, 5.74) is 1.16. The number of rotatable bonds is 7. The standard InChI is InChI=1S/C21H21N3O4S/c1-14(15-8-4-3-5-9-15)22-18(25)13-29-21-23-17-11-7-6-10-16(17)20(27)24(21)12-19(26)28-2/h3-11,14H,12-13H2,1-2H3,(H,22,25)/t14-/m1/s1. The molecule has 0 fully saturated rings. The molecule has 0 aliphatic carbocycles. The van der Waals surface area contributed by atoms with E-state index in [1.54, 1.807) is 24.3 Å². The van der Waals surface area contributed by atoms with Gasteiger partial charge in [0.25, 0.3) is 5.56 Å². The molecule has 1 N–H and O–H groups in total. The van der Waals surface area contributed by atoms with Crippen molar-refractivity contribution in [1.82, 2.24) is 14.9 Å². The van der Waals surface area contributed by atoms with E-state index in [2.05, 4.69) is 15.0 Å². The minimum Gasteiger partial charge on any atom is -0.468 e. The van der Waals surface area contributed by atoms with E-state index in [9.17, 15) is 14.4 Å². The summed E-state index contributed by atoms with van der Waals surface area (Å²) >= 11 is 1.11. The quantitative estimate of drug-likeness (QED) is 0.365. The van der Waals surface area contributed by atoms with Crippen molar-refractivity contribution in [2.24, 2.45) is 0 Å². The zero-order valence-corrected chi connectivity index (χ0v) is 16.9. The second-order valence-electron chi connectivity index (χ2n) is 6.37. The fraction of sp³-hybridized carbons (Fsp3) is 0.238. The summed E-state index contributed by atoms with van der Waals surface area (Å²) in [5.74, 6) is -0.699. The first-order chi connectivity index (χ1) is 14.0. The third-order valence-electron chi connectivity index (χ3n) is 4.35. The van der Waals surface area contributed by atoms with E-state index in [0.29, 0.717) is 16.1 Å². The molecular weight excluding hydrogens is 390 g/mol. The zero-order chi connectivity index (χ0) is 20.8. The van der Waals surface area contributed by atoms with Gasteiger partial charge in [-0.2, -0.15) is 0 Å². The molecule has 0 aliphatic heterocycles. The monoisotopic (exact) mass is 411 g/mol. The summed E-state index contributed by atoms with van der Waals surface area (Å²) in [5, 5.41) is 3.62. The molecule has 0 aliphatic rings. The number of ether oxygens (including phenoxy) is 1.